The lowest BCUT2D eigenvalue weighted by Gasteiger charge is -2.21. The number of carbonyl (C=O) groups excluding carboxylic acids is 1. The first-order valence-corrected chi connectivity index (χ1v) is 7.27. The molecule has 18 heavy (non-hydrogen) atoms. The van der Waals surface area contributed by atoms with E-state index in [1.165, 1.54) is 24.6 Å². The van der Waals surface area contributed by atoms with Gasteiger partial charge >= 0.3 is 0 Å². The molecule has 0 spiro atoms. The third kappa shape index (κ3) is 3.23. The number of thiocarbonyl (C=S) groups is 1. The Morgan fingerprint density at radius 2 is 1.89 bits per heavy atom. The number of carbonyl (C=O) groups is 1. The quantitative estimate of drug-likeness (QED) is 0.863. The summed E-state index contributed by atoms with van der Waals surface area (Å²) in [4.78, 5) is 13.7. The number of nitrogens with zero attached hydrogens (tertiary/aromatic N) is 1. The number of amides is 1. The highest BCUT2D eigenvalue weighted by atomic mass is 32.2. The largest absolute Gasteiger partial charge is 0.368 e. The Labute approximate surface area is 117 Å². The lowest BCUT2D eigenvalue weighted by molar-refractivity contribution is -0.117. The summed E-state index contributed by atoms with van der Waals surface area (Å²) in [6, 6.07) is 9.56. The molecule has 5 heteroatoms. The molecule has 2 N–H and O–H groups in total. The molecule has 0 bridgehead atoms. The van der Waals surface area contributed by atoms with Crippen molar-refractivity contribution in [1.29, 1.82) is 0 Å². The molecule has 1 aliphatic heterocycles. The minimum atomic E-state index is -0.390. The summed E-state index contributed by atoms with van der Waals surface area (Å²) < 4.78 is 0.778. The van der Waals surface area contributed by atoms with Crippen molar-refractivity contribution >= 4 is 34.2 Å². The van der Waals surface area contributed by atoms with Crippen LogP contribution >= 0.6 is 24.0 Å². The summed E-state index contributed by atoms with van der Waals surface area (Å²) in [5.41, 5.74) is 6.39. The van der Waals surface area contributed by atoms with Crippen LogP contribution in [0.2, 0.25) is 0 Å². The van der Waals surface area contributed by atoms with E-state index in [1.807, 2.05) is 30.3 Å². The molecule has 2 rings (SSSR count). The molecule has 1 unspecified atom stereocenters. The molecule has 0 aliphatic carbocycles. The van der Waals surface area contributed by atoms with Crippen LogP contribution in [0.25, 0.3) is 0 Å². The van der Waals surface area contributed by atoms with Crippen LogP contribution in [0.4, 0.5) is 0 Å². The maximum Gasteiger partial charge on any atom is 0.235 e. The molecule has 1 heterocycles. The zero-order valence-electron chi connectivity index (χ0n) is 10.0. The van der Waals surface area contributed by atoms with E-state index in [0.29, 0.717) is 0 Å². The van der Waals surface area contributed by atoms with E-state index in [9.17, 15) is 4.79 Å². The molecule has 0 radical (unpaired) electrons. The van der Waals surface area contributed by atoms with Crippen molar-refractivity contribution in [3.63, 3.8) is 0 Å². The van der Waals surface area contributed by atoms with Crippen LogP contribution < -0.4 is 5.73 Å². The average Bonchev–Trinajstić information content (AvgIpc) is 2.90. The Morgan fingerprint density at radius 3 is 2.44 bits per heavy atom. The molecule has 1 atom stereocenters. The molecule has 0 aromatic heterocycles. The van der Waals surface area contributed by atoms with E-state index in [2.05, 4.69) is 4.90 Å². The topological polar surface area (TPSA) is 46.3 Å². The monoisotopic (exact) mass is 280 g/mol. The standard InChI is InChI=1S/C13H16N2OS2/c14-12(16)11(10-6-2-1-3-7-10)18-13(17)15-8-4-5-9-15/h1-3,6-7,11H,4-5,8-9H2,(H2,14,16). The van der Waals surface area contributed by atoms with Crippen LogP contribution in [0.15, 0.2) is 30.3 Å². The molecule has 0 saturated carbocycles. The van der Waals surface area contributed by atoms with Gasteiger partial charge in [0.05, 0.1) is 0 Å². The second kappa shape index (κ2) is 6.20. The highest BCUT2D eigenvalue weighted by molar-refractivity contribution is 8.23. The minimum Gasteiger partial charge on any atom is -0.368 e. The predicted molar refractivity (Wildman–Crippen MR) is 79.4 cm³/mol. The SMILES string of the molecule is NC(=O)C(SC(=S)N1CCCC1)c1ccccc1. The lowest BCUT2D eigenvalue weighted by atomic mass is 10.1. The van der Waals surface area contributed by atoms with Crippen LogP contribution in [0, 0.1) is 0 Å². The Balaban J connectivity index is 2.07. The van der Waals surface area contributed by atoms with Crippen molar-refractivity contribution in [3.05, 3.63) is 35.9 Å². The van der Waals surface area contributed by atoms with Gasteiger partial charge in [0, 0.05) is 13.1 Å². The maximum absolute atomic E-state index is 11.6. The predicted octanol–water partition coefficient (Wildman–Crippen LogP) is 2.33. The molecule has 1 saturated heterocycles. The number of primary amides is 1. The summed E-state index contributed by atoms with van der Waals surface area (Å²) in [6.07, 6.45) is 2.35. The van der Waals surface area contributed by atoms with Crippen LogP contribution in [0.5, 0.6) is 0 Å². The molecule has 1 fully saturated rings. The molecule has 96 valence electrons. The first-order valence-electron chi connectivity index (χ1n) is 5.98. The first-order chi connectivity index (χ1) is 8.68. The fourth-order valence-electron chi connectivity index (χ4n) is 1.99. The lowest BCUT2D eigenvalue weighted by Crippen LogP contribution is -2.27. The Hall–Kier alpha value is -1.07. The zero-order chi connectivity index (χ0) is 13.0. The smallest absolute Gasteiger partial charge is 0.235 e. The van der Waals surface area contributed by atoms with E-state index in [-0.39, 0.29) is 11.2 Å². The normalized spacial score (nSPS) is 16.6. The maximum atomic E-state index is 11.6. The molecular weight excluding hydrogens is 264 g/mol. The molecule has 3 nitrogen and oxygen atoms in total. The van der Waals surface area contributed by atoms with Gasteiger partial charge in [0.15, 0.2) is 0 Å². The van der Waals surface area contributed by atoms with Crippen LogP contribution in [0.3, 0.4) is 0 Å². The number of nitrogens with two attached hydrogens (primary N) is 1. The van der Waals surface area contributed by atoms with Crippen LogP contribution in [-0.2, 0) is 4.79 Å². The second-order valence-electron chi connectivity index (χ2n) is 4.27. The third-order valence-corrected chi connectivity index (χ3v) is 4.69. The second-order valence-corrected chi connectivity index (χ2v) is 6.01. The van der Waals surface area contributed by atoms with Gasteiger partial charge in [0.2, 0.25) is 5.91 Å². The van der Waals surface area contributed by atoms with Gasteiger partial charge in [-0.25, -0.2) is 0 Å². The minimum absolute atomic E-state index is 0.340. The fraction of sp³-hybridized carbons (Fsp3) is 0.385. The van der Waals surface area contributed by atoms with Gasteiger partial charge in [-0.05, 0) is 18.4 Å². The van der Waals surface area contributed by atoms with Crippen LogP contribution in [-0.4, -0.2) is 28.2 Å². The van der Waals surface area contributed by atoms with E-state index in [4.69, 9.17) is 18.0 Å². The van der Waals surface area contributed by atoms with Crippen molar-refractivity contribution in [2.75, 3.05) is 13.1 Å². The van der Waals surface area contributed by atoms with E-state index >= 15 is 0 Å². The number of hydrogen-bond donors (Lipinski definition) is 1. The number of benzene rings is 1. The summed E-state index contributed by atoms with van der Waals surface area (Å²) in [6.45, 7) is 1.98. The Bertz CT molecular complexity index is 430. The highest BCUT2D eigenvalue weighted by Gasteiger charge is 2.24. The van der Waals surface area contributed by atoms with Crippen molar-refractivity contribution in [2.24, 2.45) is 5.73 Å². The van der Waals surface area contributed by atoms with Gasteiger partial charge in [0.25, 0.3) is 0 Å². The van der Waals surface area contributed by atoms with Crippen molar-refractivity contribution in [3.8, 4) is 0 Å². The zero-order valence-corrected chi connectivity index (χ0v) is 11.7. The Kier molecular flexibility index (Phi) is 4.60. The molecule has 1 aromatic carbocycles. The van der Waals surface area contributed by atoms with Crippen molar-refractivity contribution in [2.45, 2.75) is 18.1 Å². The summed E-state index contributed by atoms with van der Waals surface area (Å²) in [5, 5.41) is -0.390. The van der Waals surface area contributed by atoms with Crippen molar-refractivity contribution < 1.29 is 4.79 Å². The van der Waals surface area contributed by atoms with Gasteiger partial charge in [-0.2, -0.15) is 0 Å². The number of likely N-dealkylation sites (tertiary alicyclic amines) is 1. The summed E-state index contributed by atoms with van der Waals surface area (Å²) in [7, 11) is 0. The fourth-order valence-corrected chi connectivity index (χ4v) is 3.41. The van der Waals surface area contributed by atoms with E-state index in [0.717, 1.165) is 23.0 Å². The van der Waals surface area contributed by atoms with Gasteiger partial charge in [-0.1, -0.05) is 54.3 Å². The molecule has 1 aliphatic rings. The first kappa shape index (κ1) is 13.4. The molecule has 1 aromatic rings. The molecular formula is C13H16N2OS2. The van der Waals surface area contributed by atoms with Gasteiger partial charge < -0.3 is 10.6 Å². The van der Waals surface area contributed by atoms with Crippen molar-refractivity contribution in [1.82, 2.24) is 4.90 Å². The van der Waals surface area contributed by atoms with Gasteiger partial charge in [0.1, 0.15) is 9.57 Å². The van der Waals surface area contributed by atoms with E-state index in [1.54, 1.807) is 0 Å². The highest BCUT2D eigenvalue weighted by Crippen LogP contribution is 2.31. The molecule has 1 amide bonds. The third-order valence-electron chi connectivity index (χ3n) is 2.94. The number of rotatable bonds is 3. The number of thioether (sulfide) groups is 1. The van der Waals surface area contributed by atoms with Gasteiger partial charge in [-0.3, -0.25) is 4.79 Å². The number of hydrogen-bond acceptors (Lipinski definition) is 3. The average molecular weight is 280 g/mol. The summed E-state index contributed by atoms with van der Waals surface area (Å²) in [5.74, 6) is -0.340. The van der Waals surface area contributed by atoms with Gasteiger partial charge in [-0.15, -0.1) is 0 Å². The van der Waals surface area contributed by atoms with E-state index < -0.39 is 0 Å². The van der Waals surface area contributed by atoms with Crippen LogP contribution in [0.1, 0.15) is 23.7 Å². The Morgan fingerprint density at radius 1 is 1.28 bits per heavy atom. The summed E-state index contributed by atoms with van der Waals surface area (Å²) >= 11 is 6.78.